The number of hydrogen-bond acceptors (Lipinski definition) is 3. The first kappa shape index (κ1) is 16.1. The van der Waals surface area contributed by atoms with E-state index in [0.29, 0.717) is 6.42 Å². The molecule has 0 N–H and O–H groups in total. The third kappa shape index (κ3) is 4.92. The van der Waals surface area contributed by atoms with E-state index in [2.05, 4.69) is 12.1 Å². The first-order valence-corrected chi connectivity index (χ1v) is 7.45. The molecule has 0 saturated heterocycles. The van der Waals surface area contributed by atoms with Crippen LogP contribution in [0.25, 0.3) is 0 Å². The van der Waals surface area contributed by atoms with Gasteiger partial charge in [0.15, 0.2) is 0 Å². The number of carbonyl (C=O) groups is 1. The Labute approximate surface area is 131 Å². The van der Waals surface area contributed by atoms with Crippen LogP contribution in [0.2, 0.25) is 0 Å². The first-order chi connectivity index (χ1) is 10.7. The molecule has 3 nitrogen and oxygen atoms in total. The van der Waals surface area contributed by atoms with Crippen molar-refractivity contribution < 1.29 is 14.3 Å². The SMILES string of the molecule is COC(=O)CC(Cc1ccccc1)Cc1ccc(OC)cc1. The molecule has 0 heterocycles. The average Bonchev–Trinajstić information content (AvgIpc) is 2.56. The molecule has 0 bridgehead atoms. The number of ether oxygens (including phenoxy) is 2. The van der Waals surface area contributed by atoms with Gasteiger partial charge in [-0.2, -0.15) is 0 Å². The van der Waals surface area contributed by atoms with Crippen LogP contribution in [0, 0.1) is 5.92 Å². The second-order valence-electron chi connectivity index (χ2n) is 5.39. The second kappa shape index (κ2) is 8.23. The van der Waals surface area contributed by atoms with Gasteiger partial charge in [-0.15, -0.1) is 0 Å². The van der Waals surface area contributed by atoms with Crippen LogP contribution in [0.1, 0.15) is 17.5 Å². The van der Waals surface area contributed by atoms with Crippen molar-refractivity contribution >= 4 is 5.97 Å². The largest absolute Gasteiger partial charge is 0.497 e. The fourth-order valence-corrected chi connectivity index (χ4v) is 2.58. The maximum atomic E-state index is 11.7. The van der Waals surface area contributed by atoms with Crippen LogP contribution in [0.4, 0.5) is 0 Å². The van der Waals surface area contributed by atoms with E-state index in [1.165, 1.54) is 18.2 Å². The lowest BCUT2D eigenvalue weighted by molar-refractivity contribution is -0.141. The fraction of sp³-hybridized carbons (Fsp3) is 0.316. The van der Waals surface area contributed by atoms with Crippen molar-refractivity contribution in [1.29, 1.82) is 0 Å². The molecule has 0 spiro atoms. The van der Waals surface area contributed by atoms with Crippen LogP contribution in [-0.2, 0) is 22.4 Å². The summed E-state index contributed by atoms with van der Waals surface area (Å²) in [6, 6.07) is 18.2. The number of hydrogen-bond donors (Lipinski definition) is 0. The molecule has 2 aromatic rings. The van der Waals surface area contributed by atoms with Gasteiger partial charge in [0.05, 0.1) is 14.2 Å². The lowest BCUT2D eigenvalue weighted by Gasteiger charge is -2.16. The minimum atomic E-state index is -0.158. The second-order valence-corrected chi connectivity index (χ2v) is 5.39. The lowest BCUT2D eigenvalue weighted by Crippen LogP contribution is -2.15. The third-order valence-electron chi connectivity index (χ3n) is 3.73. The molecule has 116 valence electrons. The van der Waals surface area contributed by atoms with Crippen LogP contribution in [-0.4, -0.2) is 20.2 Å². The Morgan fingerprint density at radius 3 is 2.05 bits per heavy atom. The summed E-state index contributed by atoms with van der Waals surface area (Å²) in [7, 11) is 3.10. The van der Waals surface area contributed by atoms with Crippen molar-refractivity contribution in [3.63, 3.8) is 0 Å². The van der Waals surface area contributed by atoms with Gasteiger partial charge in [-0.3, -0.25) is 4.79 Å². The van der Waals surface area contributed by atoms with E-state index in [1.54, 1.807) is 7.11 Å². The maximum Gasteiger partial charge on any atom is 0.305 e. The molecular weight excluding hydrogens is 276 g/mol. The van der Waals surface area contributed by atoms with Gasteiger partial charge in [-0.05, 0) is 42.0 Å². The van der Waals surface area contributed by atoms with Gasteiger partial charge in [-0.1, -0.05) is 42.5 Å². The zero-order valence-corrected chi connectivity index (χ0v) is 13.1. The molecule has 0 radical (unpaired) electrons. The first-order valence-electron chi connectivity index (χ1n) is 7.45. The van der Waals surface area contributed by atoms with E-state index in [4.69, 9.17) is 9.47 Å². The average molecular weight is 298 g/mol. The molecular formula is C19H22O3. The molecule has 0 saturated carbocycles. The number of rotatable bonds is 7. The van der Waals surface area contributed by atoms with E-state index in [9.17, 15) is 4.79 Å². The minimum Gasteiger partial charge on any atom is -0.497 e. The van der Waals surface area contributed by atoms with Crippen LogP contribution >= 0.6 is 0 Å². The predicted octanol–water partition coefficient (Wildman–Crippen LogP) is 3.66. The molecule has 0 fully saturated rings. The van der Waals surface area contributed by atoms with Gasteiger partial charge in [-0.25, -0.2) is 0 Å². The van der Waals surface area contributed by atoms with Crippen molar-refractivity contribution in [3.05, 3.63) is 65.7 Å². The number of methoxy groups -OCH3 is 2. The smallest absolute Gasteiger partial charge is 0.305 e. The van der Waals surface area contributed by atoms with Gasteiger partial charge >= 0.3 is 5.97 Å². The summed E-state index contributed by atoms with van der Waals surface area (Å²) >= 11 is 0. The van der Waals surface area contributed by atoms with Crippen LogP contribution in [0.15, 0.2) is 54.6 Å². The van der Waals surface area contributed by atoms with Crippen molar-refractivity contribution in [2.24, 2.45) is 5.92 Å². The Morgan fingerprint density at radius 1 is 0.909 bits per heavy atom. The summed E-state index contributed by atoms with van der Waals surface area (Å²) in [5.41, 5.74) is 2.44. The molecule has 0 aromatic heterocycles. The number of benzene rings is 2. The normalized spacial score (nSPS) is 11.7. The zero-order chi connectivity index (χ0) is 15.8. The molecule has 1 atom stereocenters. The Balaban J connectivity index is 2.07. The van der Waals surface area contributed by atoms with E-state index in [0.717, 1.165) is 18.6 Å². The standard InChI is InChI=1S/C19H22O3/c1-21-18-10-8-16(9-11-18)13-17(14-19(20)22-2)12-15-6-4-3-5-7-15/h3-11,17H,12-14H2,1-2H3. The fourth-order valence-electron chi connectivity index (χ4n) is 2.58. The highest BCUT2D eigenvalue weighted by Crippen LogP contribution is 2.20. The molecule has 0 aliphatic rings. The summed E-state index contributed by atoms with van der Waals surface area (Å²) in [5, 5.41) is 0. The van der Waals surface area contributed by atoms with E-state index in [-0.39, 0.29) is 11.9 Å². The Morgan fingerprint density at radius 2 is 1.50 bits per heavy atom. The summed E-state index contributed by atoms with van der Waals surface area (Å²) < 4.78 is 10.0. The van der Waals surface area contributed by atoms with Crippen LogP contribution in [0.5, 0.6) is 5.75 Å². The van der Waals surface area contributed by atoms with Gasteiger partial charge in [0.25, 0.3) is 0 Å². The number of carbonyl (C=O) groups excluding carboxylic acids is 1. The summed E-state index contributed by atoms with van der Waals surface area (Å²) in [5.74, 6) is 0.911. The van der Waals surface area contributed by atoms with Crippen LogP contribution < -0.4 is 4.74 Å². The molecule has 22 heavy (non-hydrogen) atoms. The van der Waals surface area contributed by atoms with E-state index >= 15 is 0 Å². The Kier molecular flexibility index (Phi) is 6.01. The highest BCUT2D eigenvalue weighted by atomic mass is 16.5. The minimum absolute atomic E-state index is 0.158. The van der Waals surface area contributed by atoms with Crippen molar-refractivity contribution in [2.45, 2.75) is 19.3 Å². The predicted molar refractivity (Wildman–Crippen MR) is 87.0 cm³/mol. The summed E-state index contributed by atoms with van der Waals surface area (Å²) in [6.07, 6.45) is 2.13. The van der Waals surface area contributed by atoms with Crippen LogP contribution in [0.3, 0.4) is 0 Å². The summed E-state index contributed by atoms with van der Waals surface area (Å²) in [4.78, 5) is 11.7. The van der Waals surface area contributed by atoms with Crippen molar-refractivity contribution in [1.82, 2.24) is 0 Å². The monoisotopic (exact) mass is 298 g/mol. The molecule has 0 aliphatic heterocycles. The molecule has 2 rings (SSSR count). The van der Waals surface area contributed by atoms with Gasteiger partial charge < -0.3 is 9.47 Å². The van der Waals surface area contributed by atoms with E-state index in [1.807, 2.05) is 42.5 Å². The maximum absolute atomic E-state index is 11.7. The summed E-state index contributed by atoms with van der Waals surface area (Å²) in [6.45, 7) is 0. The Bertz CT molecular complexity index is 575. The zero-order valence-electron chi connectivity index (χ0n) is 13.1. The highest BCUT2D eigenvalue weighted by molar-refractivity contribution is 5.69. The number of esters is 1. The van der Waals surface area contributed by atoms with E-state index < -0.39 is 0 Å². The Hall–Kier alpha value is -2.29. The van der Waals surface area contributed by atoms with Gasteiger partial charge in [0.1, 0.15) is 5.75 Å². The quantitative estimate of drug-likeness (QED) is 0.732. The molecule has 1 unspecified atom stereocenters. The van der Waals surface area contributed by atoms with Crippen molar-refractivity contribution in [2.75, 3.05) is 14.2 Å². The lowest BCUT2D eigenvalue weighted by atomic mass is 9.90. The van der Waals surface area contributed by atoms with Crippen molar-refractivity contribution in [3.8, 4) is 5.75 Å². The third-order valence-corrected chi connectivity index (χ3v) is 3.73. The molecule has 0 aliphatic carbocycles. The molecule has 3 heteroatoms. The van der Waals surface area contributed by atoms with Gasteiger partial charge in [0, 0.05) is 6.42 Å². The highest BCUT2D eigenvalue weighted by Gasteiger charge is 2.16. The van der Waals surface area contributed by atoms with Gasteiger partial charge in [0.2, 0.25) is 0 Å². The molecule has 0 amide bonds. The topological polar surface area (TPSA) is 35.5 Å². The molecule has 2 aromatic carbocycles.